The van der Waals surface area contributed by atoms with Crippen molar-refractivity contribution < 1.29 is 4.79 Å². The predicted octanol–water partition coefficient (Wildman–Crippen LogP) is 7.11. The number of unbranched alkanes of at least 4 members (excludes halogenated alkanes) is 1. The lowest BCUT2D eigenvalue weighted by Gasteiger charge is -2.37. The molecule has 1 amide bonds. The van der Waals surface area contributed by atoms with Crippen LogP contribution in [0.1, 0.15) is 47.2 Å². The highest BCUT2D eigenvalue weighted by molar-refractivity contribution is 7.80. The van der Waals surface area contributed by atoms with E-state index in [0.717, 1.165) is 41.4 Å². The van der Waals surface area contributed by atoms with Crippen molar-refractivity contribution in [1.82, 2.24) is 25.4 Å². The normalized spacial score (nSPS) is 11.4. The van der Waals surface area contributed by atoms with Crippen molar-refractivity contribution in [3.05, 3.63) is 162 Å². The van der Waals surface area contributed by atoms with Crippen LogP contribution in [0.2, 0.25) is 0 Å². The lowest BCUT2D eigenvalue weighted by Crippen LogP contribution is -2.41. The first kappa shape index (κ1) is 29.1. The number of para-hydroxylation sites is 1. The van der Waals surface area contributed by atoms with Crippen molar-refractivity contribution in [3.63, 3.8) is 0 Å². The number of aromatic nitrogens is 3. The Morgan fingerprint density at radius 1 is 0.773 bits per heavy atom. The third-order valence-corrected chi connectivity index (χ3v) is 8.36. The van der Waals surface area contributed by atoms with Crippen LogP contribution in [0.25, 0.3) is 10.9 Å². The third kappa shape index (κ3) is 6.19. The number of H-pyrrole nitrogens is 1. The molecule has 0 radical (unpaired) electrons. The first-order valence-corrected chi connectivity index (χ1v) is 15.4. The zero-order valence-electron chi connectivity index (χ0n) is 24.4. The van der Waals surface area contributed by atoms with Crippen molar-refractivity contribution in [2.75, 3.05) is 0 Å². The lowest BCUT2D eigenvalue weighted by atomic mass is 9.77. The van der Waals surface area contributed by atoms with Crippen LogP contribution in [0.4, 0.5) is 0 Å². The fraction of sp³-hybridized carbons (Fsp3) is 0.162. The predicted molar refractivity (Wildman–Crippen MR) is 180 cm³/mol. The number of thiocarbonyl (C=S) groups is 1. The molecule has 7 heteroatoms. The van der Waals surface area contributed by atoms with E-state index in [4.69, 9.17) is 17.2 Å². The molecule has 0 saturated carbocycles. The molecule has 0 aliphatic heterocycles. The average Bonchev–Trinajstić information content (AvgIpc) is 3.72. The lowest BCUT2D eigenvalue weighted by molar-refractivity contribution is -0.120. The fourth-order valence-corrected chi connectivity index (χ4v) is 6.15. The summed E-state index contributed by atoms with van der Waals surface area (Å²) in [5, 5.41) is 1.06. The standard InChI is InChI=1S/C37H35N5OS/c43-35(24-28-25-38-34-22-12-11-21-33(28)34)40-41-36(44)23-13-10-20-32-26-42(27-39-32)37(29-14-4-1-5-15-29,30-16-6-2-7-17-30)31-18-8-3-9-19-31/h1-9,11-12,14-19,21-22,25-27,38H,10,13,20,23-24H2,(H,40,43)(H,41,44). The first-order chi connectivity index (χ1) is 21.6. The van der Waals surface area contributed by atoms with E-state index in [1.54, 1.807) is 0 Å². The van der Waals surface area contributed by atoms with Crippen molar-refractivity contribution in [2.24, 2.45) is 0 Å². The van der Waals surface area contributed by atoms with E-state index in [2.05, 4.69) is 118 Å². The van der Waals surface area contributed by atoms with Gasteiger partial charge in [-0.25, -0.2) is 4.98 Å². The number of hydrogen-bond acceptors (Lipinski definition) is 3. The van der Waals surface area contributed by atoms with Crippen molar-refractivity contribution in [1.29, 1.82) is 0 Å². The van der Waals surface area contributed by atoms with Crippen LogP contribution < -0.4 is 10.9 Å². The van der Waals surface area contributed by atoms with Crippen LogP contribution in [0, 0.1) is 0 Å². The maximum absolute atomic E-state index is 12.5. The summed E-state index contributed by atoms with van der Waals surface area (Å²) in [7, 11) is 0. The van der Waals surface area contributed by atoms with Gasteiger partial charge >= 0.3 is 0 Å². The smallest absolute Gasteiger partial charge is 0.242 e. The van der Waals surface area contributed by atoms with Crippen molar-refractivity contribution in [2.45, 2.75) is 37.6 Å². The number of aryl methyl sites for hydroxylation is 1. The summed E-state index contributed by atoms with van der Waals surface area (Å²) in [5.74, 6) is -0.124. The van der Waals surface area contributed by atoms with Gasteiger partial charge in [-0.1, -0.05) is 121 Å². The number of nitrogens with one attached hydrogen (secondary N) is 3. The van der Waals surface area contributed by atoms with E-state index in [1.807, 2.05) is 36.8 Å². The number of fused-ring (bicyclic) bond motifs is 1. The van der Waals surface area contributed by atoms with Gasteiger partial charge in [0.2, 0.25) is 5.91 Å². The summed E-state index contributed by atoms with van der Waals surface area (Å²) in [5.41, 5.74) is 11.6. The minimum atomic E-state index is -0.564. The molecule has 0 bridgehead atoms. The van der Waals surface area contributed by atoms with Gasteiger partial charge in [-0.2, -0.15) is 0 Å². The van der Waals surface area contributed by atoms with Crippen LogP contribution in [-0.2, 0) is 23.2 Å². The Hall–Kier alpha value is -5.01. The van der Waals surface area contributed by atoms with Gasteiger partial charge in [-0.3, -0.25) is 15.6 Å². The number of hydrazine groups is 1. The topological polar surface area (TPSA) is 74.7 Å². The van der Waals surface area contributed by atoms with Gasteiger partial charge in [0.1, 0.15) is 5.54 Å². The summed E-state index contributed by atoms with van der Waals surface area (Å²) in [6.45, 7) is 0. The highest BCUT2D eigenvalue weighted by Gasteiger charge is 2.38. The molecule has 2 heterocycles. The number of carbonyl (C=O) groups excluding carboxylic acids is 1. The number of imidazole rings is 1. The summed E-state index contributed by atoms with van der Waals surface area (Å²) in [6, 6.07) is 39.8. The molecule has 0 spiro atoms. The minimum absolute atomic E-state index is 0.124. The summed E-state index contributed by atoms with van der Waals surface area (Å²) in [4.78, 5) is 21.2. The monoisotopic (exact) mass is 597 g/mol. The van der Waals surface area contributed by atoms with E-state index in [-0.39, 0.29) is 12.3 Å². The molecule has 0 aliphatic rings. The number of nitrogens with zero attached hydrogens (tertiary/aromatic N) is 2. The van der Waals surface area contributed by atoms with E-state index in [0.29, 0.717) is 11.4 Å². The van der Waals surface area contributed by atoms with Crippen molar-refractivity contribution >= 4 is 34.0 Å². The second kappa shape index (κ2) is 13.5. The Bertz CT molecular complexity index is 1730. The number of carbonyl (C=O) groups is 1. The van der Waals surface area contributed by atoms with E-state index in [9.17, 15) is 4.79 Å². The quantitative estimate of drug-likeness (QED) is 0.0644. The van der Waals surface area contributed by atoms with E-state index in [1.165, 1.54) is 16.7 Å². The Morgan fingerprint density at radius 3 is 2.00 bits per heavy atom. The highest BCUT2D eigenvalue weighted by Crippen LogP contribution is 2.40. The first-order valence-electron chi connectivity index (χ1n) is 15.0. The second-order valence-electron chi connectivity index (χ2n) is 10.9. The molecule has 0 aliphatic carbocycles. The van der Waals surface area contributed by atoms with Crippen LogP contribution in [-0.4, -0.2) is 25.4 Å². The molecule has 0 atom stereocenters. The molecular weight excluding hydrogens is 563 g/mol. The maximum atomic E-state index is 12.5. The second-order valence-corrected chi connectivity index (χ2v) is 11.4. The van der Waals surface area contributed by atoms with Gasteiger partial charge < -0.3 is 9.55 Å². The molecule has 6 aromatic rings. The highest BCUT2D eigenvalue weighted by atomic mass is 32.1. The Kier molecular flexibility index (Phi) is 8.94. The SMILES string of the molecule is O=C(Cc1c[nH]c2ccccc12)NNC(=S)CCCCc1cn(C(c2ccccc2)(c2ccccc2)c2ccccc2)cn1. The molecule has 0 unspecified atom stereocenters. The zero-order valence-corrected chi connectivity index (χ0v) is 25.3. The Morgan fingerprint density at radius 2 is 1.36 bits per heavy atom. The number of amides is 1. The van der Waals surface area contributed by atoms with Gasteiger partial charge in [-0.05, 0) is 54.0 Å². The molecule has 44 heavy (non-hydrogen) atoms. The van der Waals surface area contributed by atoms with Gasteiger partial charge in [-0.15, -0.1) is 0 Å². The van der Waals surface area contributed by atoms with Gasteiger partial charge in [0.05, 0.1) is 23.4 Å². The average molecular weight is 598 g/mol. The van der Waals surface area contributed by atoms with Crippen LogP contribution in [0.3, 0.4) is 0 Å². The largest absolute Gasteiger partial charge is 0.361 e. The summed E-state index contributed by atoms with van der Waals surface area (Å²) < 4.78 is 2.25. The van der Waals surface area contributed by atoms with Crippen LogP contribution >= 0.6 is 12.2 Å². The number of rotatable bonds is 11. The Balaban J connectivity index is 1.08. The molecule has 3 N–H and O–H groups in total. The number of hydrogen-bond donors (Lipinski definition) is 3. The van der Waals surface area contributed by atoms with Gasteiger partial charge in [0.15, 0.2) is 0 Å². The van der Waals surface area contributed by atoms with Crippen LogP contribution in [0.15, 0.2) is 134 Å². The van der Waals surface area contributed by atoms with Gasteiger partial charge in [0.25, 0.3) is 0 Å². The summed E-state index contributed by atoms with van der Waals surface area (Å²) >= 11 is 5.49. The maximum Gasteiger partial charge on any atom is 0.242 e. The molecular formula is C37H35N5OS. The zero-order chi connectivity index (χ0) is 30.2. The summed E-state index contributed by atoms with van der Waals surface area (Å²) in [6.07, 6.45) is 9.62. The molecule has 2 aromatic heterocycles. The van der Waals surface area contributed by atoms with Crippen molar-refractivity contribution in [3.8, 4) is 0 Å². The fourth-order valence-electron chi connectivity index (χ4n) is 5.95. The minimum Gasteiger partial charge on any atom is -0.361 e. The molecule has 4 aromatic carbocycles. The number of benzene rings is 4. The van der Waals surface area contributed by atoms with E-state index >= 15 is 0 Å². The molecule has 0 fully saturated rings. The molecule has 6 nitrogen and oxygen atoms in total. The third-order valence-electron chi connectivity index (χ3n) is 8.05. The molecule has 0 saturated heterocycles. The van der Waals surface area contributed by atoms with Crippen LogP contribution in [0.5, 0.6) is 0 Å². The number of aromatic amines is 1. The molecule has 220 valence electrons. The van der Waals surface area contributed by atoms with E-state index < -0.39 is 5.54 Å². The Labute approximate surface area is 263 Å². The molecule has 6 rings (SSSR count). The van der Waals surface area contributed by atoms with Gasteiger partial charge in [0, 0.05) is 23.3 Å².